The monoisotopic (exact) mass is 756 g/mol. The van der Waals surface area contributed by atoms with Gasteiger partial charge in [-0.1, -0.05) is 38.1 Å². The molecule has 3 aromatic carbocycles. The fourth-order valence-electron chi connectivity index (χ4n) is 8.36. The number of rotatable bonds is 12. The Labute approximate surface area is 324 Å². The van der Waals surface area contributed by atoms with Gasteiger partial charge in [-0.15, -0.1) is 0 Å². The van der Waals surface area contributed by atoms with Crippen molar-refractivity contribution in [3.8, 4) is 11.5 Å². The molecule has 2 N–H and O–H groups in total. The number of amides is 4. The van der Waals surface area contributed by atoms with Crippen LogP contribution in [-0.2, 0) is 26.3 Å². The van der Waals surface area contributed by atoms with Crippen molar-refractivity contribution in [2.45, 2.75) is 63.6 Å². The summed E-state index contributed by atoms with van der Waals surface area (Å²) in [5.74, 6) is 0.718. The van der Waals surface area contributed by atoms with Crippen LogP contribution in [0.15, 0.2) is 79.0 Å². The zero-order chi connectivity index (χ0) is 38.6. The third kappa shape index (κ3) is 6.74. The smallest absolute Gasteiger partial charge is 0.262 e. The third-order valence-corrected chi connectivity index (χ3v) is 11.9. The summed E-state index contributed by atoms with van der Waals surface area (Å²) in [6.45, 7) is 8.94. The Bertz CT molecular complexity index is 2190. The van der Waals surface area contributed by atoms with E-state index in [4.69, 9.17) is 19.2 Å². The molecule has 4 aromatic rings. The first-order valence-electron chi connectivity index (χ1n) is 19.3. The molecule has 288 valence electrons. The molecule has 13 heteroatoms. The topological polar surface area (TPSA) is 152 Å². The van der Waals surface area contributed by atoms with E-state index in [-0.39, 0.29) is 35.4 Å². The van der Waals surface area contributed by atoms with Gasteiger partial charge in [0.1, 0.15) is 24.1 Å². The number of nitrogens with zero attached hydrogens (tertiary/aromatic N) is 4. The highest BCUT2D eigenvalue weighted by atomic mass is 16.5. The molecule has 4 aliphatic heterocycles. The summed E-state index contributed by atoms with van der Waals surface area (Å²) in [6.07, 6.45) is 3.83. The molecular weight excluding hydrogens is 713 g/mol. The molecule has 9 rings (SSSR count). The van der Waals surface area contributed by atoms with Crippen LogP contribution in [0.1, 0.15) is 77.1 Å². The number of anilines is 2. The van der Waals surface area contributed by atoms with Crippen molar-refractivity contribution in [2.24, 2.45) is 11.3 Å². The minimum atomic E-state index is -0.979. The average Bonchev–Trinajstić information content (AvgIpc) is 3.39. The first-order valence-corrected chi connectivity index (χ1v) is 19.3. The molecule has 3 saturated heterocycles. The maximum atomic E-state index is 13.2. The molecule has 56 heavy (non-hydrogen) atoms. The summed E-state index contributed by atoms with van der Waals surface area (Å²) in [5, 5.41) is 5.70. The molecule has 5 aliphatic rings. The number of aromatic nitrogens is 2. The first kappa shape index (κ1) is 35.9. The van der Waals surface area contributed by atoms with E-state index < -0.39 is 29.7 Å². The number of carbonyl (C=O) groups is 4. The van der Waals surface area contributed by atoms with Crippen molar-refractivity contribution < 1.29 is 33.4 Å². The summed E-state index contributed by atoms with van der Waals surface area (Å²) in [4.78, 5) is 62.5. The van der Waals surface area contributed by atoms with E-state index in [9.17, 15) is 19.2 Å². The van der Waals surface area contributed by atoms with Gasteiger partial charge in [0.2, 0.25) is 17.8 Å². The van der Waals surface area contributed by atoms with Gasteiger partial charge in [0.15, 0.2) is 0 Å². The molecule has 1 saturated carbocycles. The van der Waals surface area contributed by atoms with Crippen LogP contribution in [0.2, 0.25) is 0 Å². The molecule has 1 aromatic heterocycles. The fraction of sp³-hybridized carbons (Fsp3) is 0.395. The molecule has 1 atom stereocenters. The number of hydrogen-bond acceptors (Lipinski definition) is 11. The maximum absolute atomic E-state index is 13.2. The molecule has 0 bridgehead atoms. The zero-order valence-electron chi connectivity index (χ0n) is 31.5. The van der Waals surface area contributed by atoms with Gasteiger partial charge in [0.25, 0.3) is 11.8 Å². The van der Waals surface area contributed by atoms with E-state index in [2.05, 4.69) is 58.6 Å². The van der Waals surface area contributed by atoms with E-state index in [0.717, 1.165) is 72.9 Å². The number of fused-ring (bicyclic) bond motifs is 1. The Balaban J connectivity index is 0.728. The largest absolute Gasteiger partial charge is 0.493 e. The molecular formula is C43H44N6O7. The lowest BCUT2D eigenvalue weighted by atomic mass is 9.78. The number of nitrogens with one attached hydrogen (secondary N) is 2. The molecule has 4 amide bonds. The molecule has 4 fully saturated rings. The van der Waals surface area contributed by atoms with Crippen LogP contribution >= 0.6 is 0 Å². The van der Waals surface area contributed by atoms with Crippen LogP contribution in [0.3, 0.4) is 0 Å². The van der Waals surface area contributed by atoms with Crippen molar-refractivity contribution in [1.29, 1.82) is 0 Å². The molecule has 1 unspecified atom stereocenters. The van der Waals surface area contributed by atoms with E-state index >= 15 is 0 Å². The Morgan fingerprint density at radius 2 is 1.55 bits per heavy atom. The summed E-state index contributed by atoms with van der Waals surface area (Å²) >= 11 is 0. The van der Waals surface area contributed by atoms with Crippen molar-refractivity contribution >= 4 is 35.3 Å². The SMILES string of the molecule is CC(C)(c1ccc(OCc2ccnc(N3CC4(COC4)C3)n2)cc1)c1ccc(OCC2CC(Nc3ccc4c(c3)C(=O)N(C3CCC(=O)NC3=O)C4=O)C2)cc1. The van der Waals surface area contributed by atoms with Crippen molar-refractivity contribution in [3.63, 3.8) is 0 Å². The summed E-state index contributed by atoms with van der Waals surface area (Å²) < 4.78 is 17.7. The van der Waals surface area contributed by atoms with Crippen LogP contribution in [-0.4, -0.2) is 83.5 Å². The minimum absolute atomic E-state index is 0.0875. The number of ether oxygens (including phenoxy) is 3. The first-order chi connectivity index (χ1) is 27.0. The zero-order valence-corrected chi connectivity index (χ0v) is 31.5. The Morgan fingerprint density at radius 3 is 2.21 bits per heavy atom. The van der Waals surface area contributed by atoms with E-state index in [1.165, 1.54) is 11.1 Å². The van der Waals surface area contributed by atoms with Gasteiger partial charge >= 0.3 is 0 Å². The lowest BCUT2D eigenvalue weighted by Gasteiger charge is -2.54. The van der Waals surface area contributed by atoms with E-state index in [1.807, 2.05) is 30.3 Å². The predicted octanol–water partition coefficient (Wildman–Crippen LogP) is 4.89. The number of hydrogen-bond donors (Lipinski definition) is 2. The highest BCUT2D eigenvalue weighted by molar-refractivity contribution is 6.23. The van der Waals surface area contributed by atoms with Gasteiger partial charge in [-0.05, 0) is 84.8 Å². The van der Waals surface area contributed by atoms with E-state index in [0.29, 0.717) is 24.5 Å². The summed E-state index contributed by atoms with van der Waals surface area (Å²) in [5.41, 5.74) is 4.56. The number of benzene rings is 3. The molecule has 1 aliphatic carbocycles. The number of piperidine rings is 1. The Kier molecular flexibility index (Phi) is 8.99. The minimum Gasteiger partial charge on any atom is -0.493 e. The molecule has 5 heterocycles. The van der Waals surface area contributed by atoms with Crippen LogP contribution in [0.4, 0.5) is 11.6 Å². The normalized spacial score (nSPS) is 22.5. The second-order valence-electron chi connectivity index (χ2n) is 16.4. The van der Waals surface area contributed by atoms with Crippen LogP contribution in [0.5, 0.6) is 11.5 Å². The maximum Gasteiger partial charge on any atom is 0.262 e. The lowest BCUT2D eigenvalue weighted by molar-refractivity contribution is -0.136. The predicted molar refractivity (Wildman–Crippen MR) is 206 cm³/mol. The average molecular weight is 757 g/mol. The van der Waals surface area contributed by atoms with Crippen molar-refractivity contribution in [1.82, 2.24) is 20.2 Å². The summed E-state index contributed by atoms with van der Waals surface area (Å²) in [6, 6.07) is 22.8. The van der Waals surface area contributed by atoms with Crippen molar-refractivity contribution in [2.75, 3.05) is 43.1 Å². The van der Waals surface area contributed by atoms with Gasteiger partial charge < -0.3 is 24.4 Å². The highest BCUT2D eigenvalue weighted by Crippen LogP contribution is 2.39. The molecule has 0 radical (unpaired) electrons. The fourth-order valence-corrected chi connectivity index (χ4v) is 8.36. The van der Waals surface area contributed by atoms with E-state index in [1.54, 1.807) is 24.4 Å². The second-order valence-corrected chi connectivity index (χ2v) is 16.4. The summed E-state index contributed by atoms with van der Waals surface area (Å²) in [7, 11) is 0. The second kappa shape index (κ2) is 14.0. The molecule has 1 spiro atoms. The van der Waals surface area contributed by atoms with Gasteiger partial charge in [-0.25, -0.2) is 9.97 Å². The van der Waals surface area contributed by atoms with Gasteiger partial charge in [-0.2, -0.15) is 0 Å². The molecule has 13 nitrogen and oxygen atoms in total. The Morgan fingerprint density at radius 1 is 0.875 bits per heavy atom. The van der Waals surface area contributed by atoms with Gasteiger partial charge in [0.05, 0.1) is 42.1 Å². The van der Waals surface area contributed by atoms with Crippen LogP contribution in [0, 0.1) is 11.3 Å². The number of imide groups is 2. The number of carbonyl (C=O) groups excluding carboxylic acids is 4. The van der Waals surface area contributed by atoms with Crippen LogP contribution < -0.4 is 25.0 Å². The third-order valence-electron chi connectivity index (χ3n) is 11.9. The lowest BCUT2D eigenvalue weighted by Crippen LogP contribution is -2.66. The van der Waals surface area contributed by atoms with Gasteiger partial charge in [0, 0.05) is 42.9 Å². The van der Waals surface area contributed by atoms with Crippen LogP contribution in [0.25, 0.3) is 0 Å². The Hall–Kier alpha value is -5.82. The quantitative estimate of drug-likeness (QED) is 0.190. The highest BCUT2D eigenvalue weighted by Gasteiger charge is 2.50. The van der Waals surface area contributed by atoms with Gasteiger partial charge in [-0.3, -0.25) is 29.4 Å². The standard InChI is InChI=1S/C43H44N6O7/c1-42(2,28-5-10-33(11-6-28)56-21-30-15-16-44-41(46-30)48-22-43(23-48)24-54-25-43)27-3-8-32(9-4-27)55-20-26-17-31(18-26)45-29-7-12-34-35(19-29)40(53)49(39(34)52)36-13-14-37(50)47-38(36)51/h3-12,15-16,19,26,31,36,45H,13-14,17-18,20-25H2,1-2H3,(H,47,50,51). The van der Waals surface area contributed by atoms with Crippen molar-refractivity contribution in [3.05, 3.63) is 107 Å².